The second-order valence-corrected chi connectivity index (χ2v) is 17.2. The van der Waals surface area contributed by atoms with Crippen LogP contribution in [0, 0.1) is 27.7 Å². The lowest BCUT2D eigenvalue weighted by molar-refractivity contribution is -0.432. The molecule has 7 N–H and O–H groups in total. The molecule has 24 nitrogen and oxygen atoms in total. The lowest BCUT2D eigenvalue weighted by Gasteiger charge is -2.10. The number of aromatic nitrogens is 3. The van der Waals surface area contributed by atoms with Crippen LogP contribution in [-0.2, 0) is 28.1 Å². The Morgan fingerprint density at radius 3 is 1.70 bits per heavy atom. The molecular formula is C44H35N11O13S3. The van der Waals surface area contributed by atoms with Gasteiger partial charge in [0.25, 0.3) is 0 Å². The van der Waals surface area contributed by atoms with E-state index in [4.69, 9.17) is 24.4 Å². The fourth-order valence-corrected chi connectivity index (χ4v) is 7.99. The predicted molar refractivity (Wildman–Crippen MR) is 256 cm³/mol. The minimum atomic E-state index is -0.301. The van der Waals surface area contributed by atoms with E-state index in [0.29, 0.717) is 95.4 Å². The Labute approximate surface area is 412 Å². The van der Waals surface area contributed by atoms with Crippen molar-refractivity contribution in [3.8, 4) is 28.7 Å². The van der Waals surface area contributed by atoms with Crippen molar-refractivity contribution in [2.45, 2.75) is 42.4 Å². The van der Waals surface area contributed by atoms with Crippen molar-refractivity contribution in [1.82, 2.24) is 15.0 Å². The maximum atomic E-state index is 11.4. The van der Waals surface area contributed by atoms with Gasteiger partial charge < -0.3 is 20.4 Å². The number of benzene rings is 7. The van der Waals surface area contributed by atoms with Gasteiger partial charge in [0, 0.05) is 16.3 Å². The van der Waals surface area contributed by atoms with Crippen molar-refractivity contribution in [2.24, 2.45) is 40.9 Å². The van der Waals surface area contributed by atoms with Gasteiger partial charge in [0.2, 0.25) is 0 Å². The number of nitrogens with zero attached hydrogens (tertiary/aromatic N) is 11. The Balaban J connectivity index is 1.02. The summed E-state index contributed by atoms with van der Waals surface area (Å²) in [6.07, 6.45) is 0. The normalized spacial score (nSPS) is 12.1. The van der Waals surface area contributed by atoms with E-state index in [9.17, 15) is 20.4 Å². The molecule has 7 aromatic carbocycles. The standard InChI is InChI=1S/C44H35N11O13S3/c1-21-12-32(22(2)11-31(21)47-49-33-19-36-35(13-23(33)3)53-55(54-36)38-18-28(69-66-63-60)7-10-39(38)57)48-51-37-14-24(4)34(20-41(37)70-67-64-61)50-52-43-42(71-68-65-62)16-25-15-26(5-8-29(25)44(43)59)45-46-30-9-6-27(56)17-40(30)58/h5-20,56-62H,1-4H3. The van der Waals surface area contributed by atoms with Crippen LogP contribution in [0.15, 0.2) is 153 Å². The van der Waals surface area contributed by atoms with Gasteiger partial charge in [-0.1, -0.05) is 15.1 Å². The number of hydrogen-bond donors (Lipinski definition) is 7. The van der Waals surface area contributed by atoms with Crippen LogP contribution in [0.2, 0.25) is 0 Å². The molecule has 0 amide bonds. The average Bonchev–Trinajstić information content (AvgIpc) is 3.76. The third kappa shape index (κ3) is 11.8. The summed E-state index contributed by atoms with van der Waals surface area (Å²) < 4.78 is 14.0. The molecule has 1 aromatic heterocycles. The summed E-state index contributed by atoms with van der Waals surface area (Å²) in [5.41, 5.74) is 6.76. The average molecular weight is 1020 g/mol. The molecule has 27 heteroatoms. The summed E-state index contributed by atoms with van der Waals surface area (Å²) in [4.78, 5) is 2.25. The summed E-state index contributed by atoms with van der Waals surface area (Å²) in [6.45, 7) is 7.28. The van der Waals surface area contributed by atoms with Crippen LogP contribution in [0.5, 0.6) is 23.0 Å². The van der Waals surface area contributed by atoms with Gasteiger partial charge in [0.05, 0.1) is 74.4 Å². The molecule has 0 spiro atoms. The molecule has 0 bridgehead atoms. The largest absolute Gasteiger partial charge is 0.508 e. The SMILES string of the molecule is Cc1cc(N=Nc2cc(C)c(N=Nc3c(SOOO)cc4cc(N=Nc5ccc(O)cc5O)ccc4c3O)cc2SOOO)c(C)cc1N=Nc1cc2nn(-c3cc(SOOO)ccc3O)nc2cc1C. The van der Waals surface area contributed by atoms with E-state index in [1.165, 1.54) is 23.0 Å². The summed E-state index contributed by atoms with van der Waals surface area (Å²) in [7, 11) is 0. The zero-order valence-corrected chi connectivity index (χ0v) is 39.4. The molecule has 71 heavy (non-hydrogen) atoms. The minimum Gasteiger partial charge on any atom is -0.508 e. The van der Waals surface area contributed by atoms with Gasteiger partial charge in [-0.05, 0) is 146 Å². The highest BCUT2D eigenvalue weighted by atomic mass is 32.2. The molecular weight excluding hydrogens is 987 g/mol. The summed E-state index contributed by atoms with van der Waals surface area (Å²) in [6, 6.07) is 25.1. The van der Waals surface area contributed by atoms with Crippen LogP contribution in [-0.4, -0.2) is 51.2 Å². The quantitative estimate of drug-likeness (QED) is 0.0182. The Bertz CT molecular complexity index is 3430. The van der Waals surface area contributed by atoms with Crippen molar-refractivity contribution in [3.05, 3.63) is 119 Å². The zero-order valence-electron chi connectivity index (χ0n) is 37.0. The Morgan fingerprint density at radius 1 is 0.465 bits per heavy atom. The number of fused-ring (bicyclic) bond motifs is 2. The molecule has 0 saturated carbocycles. The number of phenols is 4. The summed E-state index contributed by atoms with van der Waals surface area (Å²) in [5, 5.41) is 124. The van der Waals surface area contributed by atoms with Crippen molar-refractivity contribution in [3.63, 3.8) is 0 Å². The highest BCUT2D eigenvalue weighted by molar-refractivity contribution is 7.95. The monoisotopic (exact) mass is 1020 g/mol. The molecule has 0 saturated heterocycles. The summed E-state index contributed by atoms with van der Waals surface area (Å²) in [5.74, 6) is -0.797. The molecule has 1 heterocycles. The molecule has 8 rings (SSSR count). The van der Waals surface area contributed by atoms with E-state index < -0.39 is 0 Å². The second kappa shape index (κ2) is 22.5. The Morgan fingerprint density at radius 2 is 1.03 bits per heavy atom. The highest BCUT2D eigenvalue weighted by Gasteiger charge is 2.18. The molecule has 0 radical (unpaired) electrons. The Kier molecular flexibility index (Phi) is 15.8. The first kappa shape index (κ1) is 49.9. The first-order valence-corrected chi connectivity index (χ1v) is 22.4. The number of hydrogen-bond acceptors (Lipinski definition) is 26. The zero-order chi connectivity index (χ0) is 50.2. The van der Waals surface area contributed by atoms with Gasteiger partial charge in [-0.2, -0.15) is 25.6 Å². The van der Waals surface area contributed by atoms with E-state index in [0.717, 1.165) is 34.8 Å². The van der Waals surface area contributed by atoms with E-state index in [1.54, 1.807) is 73.7 Å². The molecule has 0 aliphatic rings. The van der Waals surface area contributed by atoms with Gasteiger partial charge in [0.1, 0.15) is 51.0 Å². The number of aryl methyl sites for hydroxylation is 4. The maximum Gasteiger partial charge on any atom is 0.152 e. The fraction of sp³-hybridized carbons (Fsp3) is 0.0909. The van der Waals surface area contributed by atoms with Crippen LogP contribution >= 0.6 is 36.1 Å². The maximum absolute atomic E-state index is 11.4. The first-order valence-electron chi connectivity index (χ1n) is 20.2. The van der Waals surface area contributed by atoms with Crippen molar-refractivity contribution in [2.75, 3.05) is 0 Å². The van der Waals surface area contributed by atoms with Crippen molar-refractivity contribution < 1.29 is 64.3 Å². The number of phenolic OH excluding ortho intramolecular Hbond substituents is 4. The first-order chi connectivity index (χ1) is 34.3. The van der Waals surface area contributed by atoms with E-state index in [1.807, 2.05) is 26.8 Å². The van der Waals surface area contributed by atoms with Gasteiger partial charge >= 0.3 is 0 Å². The smallest absolute Gasteiger partial charge is 0.152 e. The van der Waals surface area contributed by atoms with Gasteiger partial charge in [-0.15, -0.1) is 43.3 Å². The fourth-order valence-electron chi connectivity index (χ4n) is 6.65. The molecule has 0 unspecified atom stereocenters. The van der Waals surface area contributed by atoms with Crippen LogP contribution in [0.1, 0.15) is 22.3 Å². The lowest BCUT2D eigenvalue weighted by atomic mass is 10.1. The van der Waals surface area contributed by atoms with Crippen molar-refractivity contribution >= 4 is 103 Å². The summed E-state index contributed by atoms with van der Waals surface area (Å²) >= 11 is 1.88. The number of aromatic hydroxyl groups is 4. The highest BCUT2D eigenvalue weighted by Crippen LogP contribution is 2.46. The predicted octanol–water partition coefficient (Wildman–Crippen LogP) is 14.6. The molecule has 0 aliphatic heterocycles. The second-order valence-electron chi connectivity index (χ2n) is 14.9. The van der Waals surface area contributed by atoms with Gasteiger partial charge in [-0.25, -0.2) is 15.8 Å². The lowest BCUT2D eigenvalue weighted by Crippen LogP contribution is -1.99. The topological polar surface area (TPSA) is 327 Å². The minimum absolute atomic E-state index is 0.0483. The van der Waals surface area contributed by atoms with Crippen LogP contribution in [0.3, 0.4) is 0 Å². The molecule has 362 valence electrons. The third-order valence-electron chi connectivity index (χ3n) is 10.2. The van der Waals surface area contributed by atoms with E-state index >= 15 is 0 Å². The Hall–Kier alpha value is -7.51. The molecule has 0 atom stereocenters. The van der Waals surface area contributed by atoms with Gasteiger partial charge in [0.15, 0.2) is 5.75 Å². The van der Waals surface area contributed by atoms with Gasteiger partial charge in [-0.3, -0.25) is 0 Å². The number of azo groups is 4. The van der Waals surface area contributed by atoms with E-state index in [-0.39, 0.29) is 45.0 Å². The van der Waals surface area contributed by atoms with E-state index in [2.05, 4.69) is 70.6 Å². The van der Waals surface area contributed by atoms with Crippen LogP contribution in [0.4, 0.5) is 45.5 Å². The molecule has 0 fully saturated rings. The van der Waals surface area contributed by atoms with Crippen molar-refractivity contribution in [1.29, 1.82) is 0 Å². The molecule has 8 aromatic rings. The van der Waals surface area contributed by atoms with Crippen LogP contribution < -0.4 is 0 Å². The molecule has 0 aliphatic carbocycles. The number of rotatable bonds is 18. The third-order valence-corrected chi connectivity index (χ3v) is 12.0. The van der Waals surface area contributed by atoms with Crippen LogP contribution in [0.25, 0.3) is 27.5 Å².